The lowest BCUT2D eigenvalue weighted by atomic mass is 9.93. The minimum absolute atomic E-state index is 0.250. The molecule has 0 saturated heterocycles. The predicted molar refractivity (Wildman–Crippen MR) is 150 cm³/mol. The zero-order valence-corrected chi connectivity index (χ0v) is 23.0. The van der Waals surface area contributed by atoms with E-state index < -0.39 is 17.9 Å². The molecular formula is C29H46F3N5. The number of nitrogens with two attached hydrogens (primary N) is 2. The van der Waals surface area contributed by atoms with Crippen molar-refractivity contribution in [1.29, 1.82) is 0 Å². The molecule has 0 amide bonds. The van der Waals surface area contributed by atoms with E-state index in [9.17, 15) is 13.2 Å². The fraction of sp³-hybridized carbons (Fsp3) is 0.586. The molecule has 0 spiro atoms. The molecule has 3 aliphatic rings. The molecule has 2 saturated carbocycles. The van der Waals surface area contributed by atoms with Gasteiger partial charge in [0.15, 0.2) is 0 Å². The van der Waals surface area contributed by atoms with E-state index in [-0.39, 0.29) is 6.42 Å². The normalized spacial score (nSPS) is 18.3. The topological polar surface area (TPSA) is 82.2 Å². The van der Waals surface area contributed by atoms with Crippen LogP contribution in [0.25, 0.3) is 6.08 Å². The van der Waals surface area contributed by atoms with Gasteiger partial charge >= 0.3 is 6.18 Å². The third kappa shape index (κ3) is 10.8. The van der Waals surface area contributed by atoms with Gasteiger partial charge in [0, 0.05) is 24.2 Å². The molecule has 8 heteroatoms. The Morgan fingerprint density at radius 2 is 1.57 bits per heavy atom. The van der Waals surface area contributed by atoms with E-state index in [0.29, 0.717) is 17.3 Å². The van der Waals surface area contributed by atoms with Crippen molar-refractivity contribution in [3.8, 4) is 0 Å². The molecule has 2 aliphatic carbocycles. The van der Waals surface area contributed by atoms with Crippen LogP contribution in [-0.2, 0) is 0 Å². The fourth-order valence-electron chi connectivity index (χ4n) is 4.13. The van der Waals surface area contributed by atoms with Gasteiger partial charge in [0.25, 0.3) is 0 Å². The molecule has 1 aliphatic heterocycles. The molecule has 4 N–H and O–H groups in total. The van der Waals surface area contributed by atoms with Gasteiger partial charge in [0.2, 0.25) is 0 Å². The van der Waals surface area contributed by atoms with Crippen molar-refractivity contribution < 1.29 is 13.2 Å². The molecule has 0 bridgehead atoms. The molecule has 0 radical (unpaired) electrons. The number of nitrogens with zero attached hydrogens (tertiary/aromatic N) is 3. The number of aryl methyl sites for hydroxylation is 1. The SMILES string of the molecule is C1CCCCC1.C=Cc1cnn(C2CCC2)c1.CC.CN.Cc1ccc2c(c1)C(N)CC(C(F)(F)F)=N2. The zero-order valence-electron chi connectivity index (χ0n) is 23.0. The number of alkyl halides is 3. The molecule has 37 heavy (non-hydrogen) atoms. The Kier molecular flexibility index (Phi) is 15.1. The van der Waals surface area contributed by atoms with E-state index in [1.807, 2.05) is 33.0 Å². The molecule has 2 fully saturated rings. The van der Waals surface area contributed by atoms with Crippen LogP contribution in [-0.4, -0.2) is 28.7 Å². The van der Waals surface area contributed by atoms with E-state index in [1.54, 1.807) is 18.2 Å². The van der Waals surface area contributed by atoms with Crippen molar-refractivity contribution in [1.82, 2.24) is 9.78 Å². The standard InChI is InChI=1S/C11H11F3N2.C9H12N2.C6H12.C2H6.CH5N/c1-6-2-3-9-7(4-6)8(15)5-10(16-9)11(12,13)14;1-2-8-6-10-11(7-8)9-4-3-5-9;1-2-4-6-5-3-1;2*1-2/h2-4,8H,5,15H2,1H3;2,6-7,9H,1,3-5H2;1-6H2;1-2H3;2H2,1H3. The summed E-state index contributed by atoms with van der Waals surface area (Å²) in [7, 11) is 1.50. The second kappa shape index (κ2) is 17.1. The maximum absolute atomic E-state index is 12.5. The number of fused-ring (bicyclic) bond motifs is 1. The first-order valence-corrected chi connectivity index (χ1v) is 13.5. The lowest BCUT2D eigenvalue weighted by molar-refractivity contribution is -0.0609. The number of benzene rings is 1. The Bertz CT molecular complexity index is 930. The third-order valence-corrected chi connectivity index (χ3v) is 6.38. The van der Waals surface area contributed by atoms with Gasteiger partial charge in [-0.2, -0.15) is 18.3 Å². The Morgan fingerprint density at radius 1 is 1.00 bits per heavy atom. The van der Waals surface area contributed by atoms with Gasteiger partial charge in [-0.05, 0) is 44.9 Å². The summed E-state index contributed by atoms with van der Waals surface area (Å²) in [6.07, 6.45) is 14.1. The molecule has 2 heterocycles. The van der Waals surface area contributed by atoms with Crippen LogP contribution in [0.5, 0.6) is 0 Å². The highest BCUT2D eigenvalue weighted by Gasteiger charge is 2.38. The highest BCUT2D eigenvalue weighted by molar-refractivity contribution is 5.94. The summed E-state index contributed by atoms with van der Waals surface area (Å²) in [6, 6.07) is 5.15. The molecule has 1 unspecified atom stereocenters. The van der Waals surface area contributed by atoms with Crippen molar-refractivity contribution in [2.24, 2.45) is 16.5 Å². The maximum Gasteiger partial charge on any atom is 0.429 e. The second-order valence-electron chi connectivity index (χ2n) is 9.09. The molecule has 5 nitrogen and oxygen atoms in total. The molecule has 1 aromatic carbocycles. The Labute approximate surface area is 221 Å². The van der Waals surface area contributed by atoms with Crippen LogP contribution in [0.4, 0.5) is 18.9 Å². The van der Waals surface area contributed by atoms with Gasteiger partial charge in [-0.1, -0.05) is 82.7 Å². The number of hydrogen-bond acceptors (Lipinski definition) is 4. The Hall–Kier alpha value is -2.45. The van der Waals surface area contributed by atoms with Crippen molar-refractivity contribution >= 4 is 17.5 Å². The van der Waals surface area contributed by atoms with Crippen LogP contribution in [0.2, 0.25) is 0 Å². The summed E-state index contributed by atoms with van der Waals surface area (Å²) in [6.45, 7) is 9.57. The van der Waals surface area contributed by atoms with Gasteiger partial charge in [-0.3, -0.25) is 4.68 Å². The van der Waals surface area contributed by atoms with Gasteiger partial charge in [-0.15, -0.1) is 0 Å². The average molecular weight is 522 g/mol. The highest BCUT2D eigenvalue weighted by Crippen LogP contribution is 2.36. The molecule has 208 valence electrons. The predicted octanol–water partition coefficient (Wildman–Crippen LogP) is 8.23. The molecule has 2 aromatic rings. The van der Waals surface area contributed by atoms with Gasteiger partial charge in [0.1, 0.15) is 5.71 Å². The quantitative estimate of drug-likeness (QED) is 0.417. The van der Waals surface area contributed by atoms with E-state index in [1.165, 1.54) is 64.8 Å². The minimum atomic E-state index is -4.39. The first-order chi connectivity index (χ1) is 17.8. The van der Waals surface area contributed by atoms with Crippen molar-refractivity contribution in [2.45, 2.75) is 103 Å². The number of rotatable bonds is 2. The van der Waals surface area contributed by atoms with Crippen molar-refractivity contribution in [3.63, 3.8) is 0 Å². The number of hydrogen-bond donors (Lipinski definition) is 2. The second-order valence-corrected chi connectivity index (χ2v) is 9.09. The summed E-state index contributed by atoms with van der Waals surface area (Å²) >= 11 is 0. The fourth-order valence-corrected chi connectivity index (χ4v) is 4.13. The largest absolute Gasteiger partial charge is 0.429 e. The smallest absolute Gasteiger partial charge is 0.333 e. The summed E-state index contributed by atoms with van der Waals surface area (Å²) in [5, 5.41) is 4.25. The average Bonchev–Trinajstić information content (AvgIpc) is 3.35. The monoisotopic (exact) mass is 521 g/mol. The van der Waals surface area contributed by atoms with Gasteiger partial charge < -0.3 is 11.5 Å². The first kappa shape index (κ1) is 32.6. The molecule has 1 atom stereocenters. The van der Waals surface area contributed by atoms with E-state index in [4.69, 9.17) is 5.73 Å². The van der Waals surface area contributed by atoms with Crippen LogP contribution >= 0.6 is 0 Å². The minimum Gasteiger partial charge on any atom is -0.333 e. The van der Waals surface area contributed by atoms with E-state index in [0.717, 1.165) is 11.1 Å². The first-order valence-electron chi connectivity index (χ1n) is 13.5. The van der Waals surface area contributed by atoms with E-state index >= 15 is 0 Å². The summed E-state index contributed by atoms with van der Waals surface area (Å²) in [4.78, 5) is 3.62. The number of halogens is 3. The number of aromatic nitrogens is 2. The Balaban J connectivity index is 0.000000282. The maximum atomic E-state index is 12.5. The molecular weight excluding hydrogens is 475 g/mol. The lowest BCUT2D eigenvalue weighted by Crippen LogP contribution is -2.29. The molecule has 1 aromatic heterocycles. The van der Waals surface area contributed by atoms with Crippen LogP contribution < -0.4 is 11.5 Å². The third-order valence-electron chi connectivity index (χ3n) is 6.38. The van der Waals surface area contributed by atoms with Crippen molar-refractivity contribution in [3.05, 3.63) is 53.9 Å². The van der Waals surface area contributed by atoms with Crippen LogP contribution in [0.1, 0.15) is 107 Å². The van der Waals surface area contributed by atoms with Crippen LogP contribution in [0.3, 0.4) is 0 Å². The van der Waals surface area contributed by atoms with Gasteiger partial charge in [-0.25, -0.2) is 4.99 Å². The van der Waals surface area contributed by atoms with E-state index in [2.05, 4.69) is 33.3 Å². The summed E-state index contributed by atoms with van der Waals surface area (Å²) in [5.41, 5.74) is 12.5. The van der Waals surface area contributed by atoms with Crippen LogP contribution in [0.15, 0.2) is 42.2 Å². The van der Waals surface area contributed by atoms with Crippen molar-refractivity contribution in [2.75, 3.05) is 7.05 Å². The molecule has 5 rings (SSSR count). The number of aliphatic imine (C=N–C) groups is 1. The highest BCUT2D eigenvalue weighted by atomic mass is 19.4. The lowest BCUT2D eigenvalue weighted by Gasteiger charge is -2.25. The summed E-state index contributed by atoms with van der Waals surface area (Å²) in [5.74, 6) is 0. The zero-order chi connectivity index (χ0) is 27.8. The Morgan fingerprint density at radius 3 is 2.00 bits per heavy atom. The van der Waals surface area contributed by atoms with Gasteiger partial charge in [0.05, 0.1) is 17.9 Å². The summed E-state index contributed by atoms with van der Waals surface area (Å²) < 4.78 is 39.6. The van der Waals surface area contributed by atoms with Crippen LogP contribution in [0, 0.1) is 6.92 Å².